The molecule has 2 aromatic rings. The maximum absolute atomic E-state index is 12.7. The average Bonchev–Trinajstić information content (AvgIpc) is 3.47. The maximum Gasteiger partial charge on any atom is 0.330 e. The van der Waals surface area contributed by atoms with Gasteiger partial charge in [-0.25, -0.2) is 9.78 Å². The molecule has 30 heavy (non-hydrogen) atoms. The summed E-state index contributed by atoms with van der Waals surface area (Å²) < 4.78 is 3.46. The Balaban J connectivity index is 1.94. The lowest BCUT2D eigenvalue weighted by molar-refractivity contribution is -0.132. The van der Waals surface area contributed by atoms with Crippen molar-refractivity contribution >= 4 is 17.1 Å². The number of fused-ring (bicyclic) bond motifs is 1. The van der Waals surface area contributed by atoms with E-state index < -0.39 is 11.2 Å². The first-order valence-corrected chi connectivity index (χ1v) is 11.2. The van der Waals surface area contributed by atoms with E-state index in [0.717, 1.165) is 12.8 Å². The molecular weight excluding hydrogens is 382 g/mol. The van der Waals surface area contributed by atoms with E-state index in [9.17, 15) is 14.4 Å². The smallest absolute Gasteiger partial charge is 0.330 e. The minimum absolute atomic E-state index is 0.0924. The molecule has 1 N–H and O–H groups in total. The van der Waals surface area contributed by atoms with E-state index in [1.54, 1.807) is 4.57 Å². The number of amides is 1. The molecule has 8 nitrogen and oxygen atoms in total. The third-order valence-electron chi connectivity index (χ3n) is 6.12. The SMILES string of the molecule is CCCCn1c(=O)[nH]c(=O)c2c1nc(CCC(=O)N(C)C(C)C1CC1)n2CC(C)C. The molecule has 0 bridgehead atoms. The highest BCUT2D eigenvalue weighted by molar-refractivity contribution is 5.77. The molecule has 1 fully saturated rings. The summed E-state index contributed by atoms with van der Waals surface area (Å²) in [4.78, 5) is 46.8. The van der Waals surface area contributed by atoms with Crippen LogP contribution >= 0.6 is 0 Å². The number of hydrogen-bond donors (Lipinski definition) is 1. The Labute approximate surface area is 177 Å². The summed E-state index contributed by atoms with van der Waals surface area (Å²) in [6.45, 7) is 9.45. The molecule has 0 saturated heterocycles. The van der Waals surface area contributed by atoms with E-state index in [-0.39, 0.29) is 11.9 Å². The number of nitrogens with zero attached hydrogens (tertiary/aromatic N) is 4. The van der Waals surface area contributed by atoms with E-state index in [1.807, 2.05) is 16.5 Å². The molecule has 1 amide bonds. The summed E-state index contributed by atoms with van der Waals surface area (Å²) >= 11 is 0. The van der Waals surface area contributed by atoms with Crippen molar-refractivity contribution in [3.63, 3.8) is 0 Å². The molecule has 1 aliphatic rings. The zero-order chi connectivity index (χ0) is 22.0. The molecule has 1 aliphatic carbocycles. The van der Waals surface area contributed by atoms with E-state index in [0.29, 0.717) is 54.8 Å². The second-order valence-corrected chi connectivity index (χ2v) is 9.05. The van der Waals surface area contributed by atoms with Crippen LogP contribution in [0, 0.1) is 11.8 Å². The number of rotatable bonds is 10. The molecule has 8 heteroatoms. The van der Waals surface area contributed by atoms with Crippen molar-refractivity contribution in [3.8, 4) is 0 Å². The normalized spacial score (nSPS) is 15.1. The second-order valence-electron chi connectivity index (χ2n) is 9.05. The van der Waals surface area contributed by atoms with Crippen LogP contribution in [0.4, 0.5) is 0 Å². The van der Waals surface area contributed by atoms with Crippen LogP contribution in [0.15, 0.2) is 9.59 Å². The van der Waals surface area contributed by atoms with Gasteiger partial charge in [-0.1, -0.05) is 27.2 Å². The number of carbonyl (C=O) groups is 1. The van der Waals surface area contributed by atoms with Gasteiger partial charge in [-0.05, 0) is 38.0 Å². The quantitative estimate of drug-likeness (QED) is 0.643. The number of hydrogen-bond acceptors (Lipinski definition) is 4. The Hall–Kier alpha value is -2.38. The lowest BCUT2D eigenvalue weighted by Gasteiger charge is -2.25. The van der Waals surface area contributed by atoms with Crippen molar-refractivity contribution in [2.45, 2.75) is 85.4 Å². The number of carbonyl (C=O) groups excluding carboxylic acids is 1. The number of aryl methyl sites for hydroxylation is 2. The fourth-order valence-corrected chi connectivity index (χ4v) is 4.01. The van der Waals surface area contributed by atoms with Gasteiger partial charge in [0.25, 0.3) is 5.56 Å². The Kier molecular flexibility index (Phi) is 6.83. The average molecular weight is 418 g/mol. The third kappa shape index (κ3) is 4.68. The Morgan fingerprint density at radius 2 is 1.93 bits per heavy atom. The van der Waals surface area contributed by atoms with E-state index in [2.05, 4.69) is 32.7 Å². The highest BCUT2D eigenvalue weighted by Crippen LogP contribution is 2.34. The first-order valence-electron chi connectivity index (χ1n) is 11.2. The van der Waals surface area contributed by atoms with Crippen LogP contribution in [-0.2, 0) is 24.3 Å². The molecule has 1 atom stereocenters. The Morgan fingerprint density at radius 3 is 2.53 bits per heavy atom. The molecule has 3 rings (SSSR count). The lowest BCUT2D eigenvalue weighted by atomic mass is 10.1. The highest BCUT2D eigenvalue weighted by atomic mass is 16.2. The van der Waals surface area contributed by atoms with Gasteiger partial charge < -0.3 is 9.47 Å². The van der Waals surface area contributed by atoms with E-state index in [1.165, 1.54) is 12.8 Å². The number of aromatic amines is 1. The van der Waals surface area contributed by atoms with E-state index in [4.69, 9.17) is 4.98 Å². The van der Waals surface area contributed by atoms with Crippen molar-refractivity contribution in [1.82, 2.24) is 24.0 Å². The van der Waals surface area contributed by atoms with Gasteiger partial charge >= 0.3 is 5.69 Å². The molecule has 166 valence electrons. The predicted octanol–water partition coefficient (Wildman–Crippen LogP) is 2.53. The van der Waals surface area contributed by atoms with Crippen LogP contribution in [0.5, 0.6) is 0 Å². The van der Waals surface area contributed by atoms with Gasteiger partial charge in [0.1, 0.15) is 5.82 Å². The number of unbranched alkanes of at least 4 members (excludes halogenated alkanes) is 1. The van der Waals surface area contributed by atoms with Crippen LogP contribution in [0.1, 0.15) is 65.6 Å². The number of aromatic nitrogens is 4. The van der Waals surface area contributed by atoms with Crippen LogP contribution < -0.4 is 11.2 Å². The molecule has 0 aromatic carbocycles. The molecule has 1 unspecified atom stereocenters. The largest absolute Gasteiger partial charge is 0.343 e. The van der Waals surface area contributed by atoms with Crippen LogP contribution in [-0.4, -0.2) is 43.0 Å². The summed E-state index contributed by atoms with van der Waals surface area (Å²) in [5, 5.41) is 0. The molecule has 1 saturated carbocycles. The number of H-pyrrole nitrogens is 1. The van der Waals surface area contributed by atoms with E-state index >= 15 is 0 Å². The minimum Gasteiger partial charge on any atom is -0.343 e. The third-order valence-corrected chi connectivity index (χ3v) is 6.12. The second kappa shape index (κ2) is 9.18. The number of nitrogens with one attached hydrogen (secondary N) is 1. The maximum atomic E-state index is 12.7. The van der Waals surface area contributed by atoms with Gasteiger partial charge in [-0.3, -0.25) is 19.1 Å². The van der Waals surface area contributed by atoms with Gasteiger partial charge in [0, 0.05) is 39.0 Å². The highest BCUT2D eigenvalue weighted by Gasteiger charge is 2.32. The predicted molar refractivity (Wildman–Crippen MR) is 118 cm³/mol. The molecule has 0 spiro atoms. The molecule has 0 aliphatic heterocycles. The zero-order valence-electron chi connectivity index (χ0n) is 18.9. The van der Waals surface area contributed by atoms with Gasteiger partial charge in [-0.15, -0.1) is 0 Å². The topological polar surface area (TPSA) is 93.0 Å². The number of imidazole rings is 1. The van der Waals surface area contributed by atoms with Crippen molar-refractivity contribution in [2.24, 2.45) is 11.8 Å². The summed E-state index contributed by atoms with van der Waals surface area (Å²) in [5.74, 6) is 1.71. The zero-order valence-corrected chi connectivity index (χ0v) is 18.9. The van der Waals surface area contributed by atoms with Crippen molar-refractivity contribution in [1.29, 1.82) is 0 Å². The van der Waals surface area contributed by atoms with Crippen molar-refractivity contribution in [2.75, 3.05) is 7.05 Å². The lowest BCUT2D eigenvalue weighted by Crippen LogP contribution is -2.36. The summed E-state index contributed by atoms with van der Waals surface area (Å²) in [6, 6.07) is 0.258. The Bertz CT molecular complexity index is 1010. The van der Waals surface area contributed by atoms with Gasteiger partial charge in [0.05, 0.1) is 0 Å². The van der Waals surface area contributed by atoms with Crippen LogP contribution in [0.25, 0.3) is 11.2 Å². The van der Waals surface area contributed by atoms with Crippen molar-refractivity contribution in [3.05, 3.63) is 26.7 Å². The monoisotopic (exact) mass is 417 g/mol. The fraction of sp³-hybridized carbons (Fsp3) is 0.727. The van der Waals surface area contributed by atoms with Crippen LogP contribution in [0.3, 0.4) is 0 Å². The Morgan fingerprint density at radius 1 is 1.23 bits per heavy atom. The molecular formula is C22H35N5O3. The van der Waals surface area contributed by atoms with Gasteiger partial charge in [-0.2, -0.15) is 0 Å². The summed E-state index contributed by atoms with van der Waals surface area (Å²) in [5.41, 5.74) is 0.0327. The first-order chi connectivity index (χ1) is 14.2. The van der Waals surface area contributed by atoms with Gasteiger partial charge in [0.2, 0.25) is 5.91 Å². The fourth-order valence-electron chi connectivity index (χ4n) is 4.01. The molecule has 0 radical (unpaired) electrons. The summed E-state index contributed by atoms with van der Waals surface area (Å²) in [7, 11) is 1.87. The van der Waals surface area contributed by atoms with Crippen LogP contribution in [0.2, 0.25) is 0 Å². The standard InChI is InChI=1S/C22H35N5O3/c1-6-7-12-26-20-19(21(29)24-22(26)30)27(13-14(2)3)17(23-20)10-11-18(28)25(5)15(4)16-8-9-16/h14-16H,6-13H2,1-5H3,(H,24,29,30). The summed E-state index contributed by atoms with van der Waals surface area (Å²) in [6.07, 6.45) is 4.94. The first kappa shape index (κ1) is 22.3. The molecule has 2 heterocycles. The van der Waals surface area contributed by atoms with Gasteiger partial charge in [0.15, 0.2) is 11.2 Å². The minimum atomic E-state index is -0.421. The van der Waals surface area contributed by atoms with Crippen molar-refractivity contribution < 1.29 is 4.79 Å². The molecule has 2 aromatic heterocycles.